The molecule has 5 nitrogen and oxygen atoms in total. The van der Waals surface area contributed by atoms with Crippen LogP contribution in [0, 0.1) is 5.41 Å². The number of ether oxygens (including phenoxy) is 1. The van der Waals surface area contributed by atoms with Crippen LogP contribution in [0.3, 0.4) is 0 Å². The second kappa shape index (κ2) is 7.98. The smallest absolute Gasteiger partial charge is 0.338 e. The van der Waals surface area contributed by atoms with E-state index < -0.39 is 11.4 Å². The van der Waals surface area contributed by atoms with E-state index in [1.54, 1.807) is 45.0 Å². The van der Waals surface area contributed by atoms with Crippen molar-refractivity contribution in [2.75, 3.05) is 17.7 Å². The maximum absolute atomic E-state index is 12.3. The number of esters is 1. The summed E-state index contributed by atoms with van der Waals surface area (Å²) in [5.74, 6) is -0.238. The standard InChI is InChI=1S/C16H21NO4S/c1-5-21-14(19)12-7-6-8-13(9-12)17-15(20)16(3,4)10-22-11(2)18/h6-9H,5,10H2,1-4H3,(H,17,20). The van der Waals surface area contributed by atoms with Gasteiger partial charge in [0.1, 0.15) is 0 Å². The Morgan fingerprint density at radius 1 is 1.27 bits per heavy atom. The second-order valence-corrected chi connectivity index (χ2v) is 6.57. The monoisotopic (exact) mass is 323 g/mol. The molecule has 0 saturated carbocycles. The number of carbonyl (C=O) groups is 3. The molecule has 1 amide bonds. The van der Waals surface area contributed by atoms with Gasteiger partial charge in [0, 0.05) is 18.4 Å². The zero-order chi connectivity index (χ0) is 16.8. The molecule has 1 N–H and O–H groups in total. The maximum atomic E-state index is 12.3. The van der Waals surface area contributed by atoms with Crippen LogP contribution >= 0.6 is 11.8 Å². The topological polar surface area (TPSA) is 72.5 Å². The van der Waals surface area contributed by atoms with Crippen LogP contribution in [-0.2, 0) is 14.3 Å². The van der Waals surface area contributed by atoms with Crippen LogP contribution in [-0.4, -0.2) is 29.4 Å². The molecule has 6 heteroatoms. The molecule has 0 saturated heterocycles. The Bertz CT molecular complexity index is 569. The molecule has 0 radical (unpaired) electrons. The number of carbonyl (C=O) groups excluding carboxylic acids is 3. The Labute approximate surface area is 134 Å². The zero-order valence-electron chi connectivity index (χ0n) is 13.3. The fraction of sp³-hybridized carbons (Fsp3) is 0.438. The number of anilines is 1. The summed E-state index contributed by atoms with van der Waals surface area (Å²) in [5.41, 5.74) is 0.211. The lowest BCUT2D eigenvalue weighted by molar-refractivity contribution is -0.122. The number of thioether (sulfide) groups is 1. The SMILES string of the molecule is CCOC(=O)c1cccc(NC(=O)C(C)(C)CSC(C)=O)c1. The fourth-order valence-electron chi connectivity index (χ4n) is 1.59. The average Bonchev–Trinajstić information content (AvgIpc) is 2.45. The summed E-state index contributed by atoms with van der Waals surface area (Å²) in [6.45, 7) is 7.05. The first-order chi connectivity index (χ1) is 10.3. The highest BCUT2D eigenvalue weighted by atomic mass is 32.2. The molecular weight excluding hydrogens is 302 g/mol. The zero-order valence-corrected chi connectivity index (χ0v) is 14.1. The number of amides is 1. The average molecular weight is 323 g/mol. The third-order valence-electron chi connectivity index (χ3n) is 2.88. The van der Waals surface area contributed by atoms with Gasteiger partial charge in [0.15, 0.2) is 5.12 Å². The maximum Gasteiger partial charge on any atom is 0.338 e. The minimum absolute atomic E-state index is 0.0230. The number of rotatable bonds is 6. The highest BCUT2D eigenvalue weighted by Gasteiger charge is 2.28. The van der Waals surface area contributed by atoms with E-state index >= 15 is 0 Å². The first kappa shape index (κ1) is 18.2. The van der Waals surface area contributed by atoms with Gasteiger partial charge in [0.05, 0.1) is 17.6 Å². The lowest BCUT2D eigenvalue weighted by Gasteiger charge is -2.22. The van der Waals surface area contributed by atoms with Crippen molar-refractivity contribution in [2.24, 2.45) is 5.41 Å². The fourth-order valence-corrected chi connectivity index (χ4v) is 2.28. The van der Waals surface area contributed by atoms with Crippen molar-refractivity contribution >= 4 is 34.4 Å². The Morgan fingerprint density at radius 2 is 1.95 bits per heavy atom. The van der Waals surface area contributed by atoms with E-state index in [-0.39, 0.29) is 11.0 Å². The number of hydrogen-bond donors (Lipinski definition) is 1. The van der Waals surface area contributed by atoms with Crippen LogP contribution in [0.1, 0.15) is 38.1 Å². The van der Waals surface area contributed by atoms with Crippen LogP contribution < -0.4 is 5.32 Å². The van der Waals surface area contributed by atoms with Crippen molar-refractivity contribution in [1.29, 1.82) is 0 Å². The van der Waals surface area contributed by atoms with Gasteiger partial charge in [-0.25, -0.2) is 4.79 Å². The first-order valence-corrected chi connectivity index (χ1v) is 7.97. The molecule has 0 heterocycles. The summed E-state index contributed by atoms with van der Waals surface area (Å²) in [4.78, 5) is 35.0. The third kappa shape index (κ3) is 5.52. The van der Waals surface area contributed by atoms with Crippen molar-refractivity contribution in [3.63, 3.8) is 0 Å². The van der Waals surface area contributed by atoms with Crippen molar-refractivity contribution in [2.45, 2.75) is 27.7 Å². The predicted octanol–water partition coefficient (Wildman–Crippen LogP) is 3.11. The van der Waals surface area contributed by atoms with Gasteiger partial charge in [-0.3, -0.25) is 9.59 Å². The Morgan fingerprint density at radius 3 is 2.55 bits per heavy atom. The normalized spacial score (nSPS) is 10.9. The molecule has 0 fully saturated rings. The van der Waals surface area contributed by atoms with Gasteiger partial charge in [-0.05, 0) is 25.1 Å². The molecule has 0 aromatic heterocycles. The van der Waals surface area contributed by atoms with E-state index in [9.17, 15) is 14.4 Å². The molecule has 1 aromatic rings. The van der Waals surface area contributed by atoms with Gasteiger partial charge in [0.2, 0.25) is 5.91 Å². The molecule has 0 aliphatic heterocycles. The molecule has 0 aliphatic rings. The van der Waals surface area contributed by atoms with Crippen LogP contribution in [0.4, 0.5) is 5.69 Å². The van der Waals surface area contributed by atoms with Crippen molar-refractivity contribution in [3.05, 3.63) is 29.8 Å². The molecular formula is C16H21NO4S. The third-order valence-corrected chi connectivity index (χ3v) is 4.16. The molecule has 0 bridgehead atoms. The molecule has 22 heavy (non-hydrogen) atoms. The molecule has 1 aromatic carbocycles. The molecule has 0 unspecified atom stereocenters. The van der Waals surface area contributed by atoms with Gasteiger partial charge in [0.25, 0.3) is 0 Å². The van der Waals surface area contributed by atoms with E-state index in [0.717, 1.165) is 11.8 Å². The van der Waals surface area contributed by atoms with Gasteiger partial charge < -0.3 is 10.1 Å². The van der Waals surface area contributed by atoms with Crippen molar-refractivity contribution in [1.82, 2.24) is 0 Å². The summed E-state index contributed by atoms with van der Waals surface area (Å²) in [5, 5.41) is 2.75. The van der Waals surface area contributed by atoms with Crippen LogP contribution in [0.2, 0.25) is 0 Å². The number of nitrogens with one attached hydrogen (secondary N) is 1. The van der Waals surface area contributed by atoms with E-state index in [1.807, 2.05) is 0 Å². The van der Waals surface area contributed by atoms with Gasteiger partial charge >= 0.3 is 5.97 Å². The first-order valence-electron chi connectivity index (χ1n) is 6.98. The predicted molar refractivity (Wildman–Crippen MR) is 87.9 cm³/mol. The quantitative estimate of drug-likeness (QED) is 0.814. The summed E-state index contributed by atoms with van der Waals surface area (Å²) in [7, 11) is 0. The molecule has 1 rings (SSSR count). The molecule has 120 valence electrons. The minimum atomic E-state index is -0.698. The lowest BCUT2D eigenvalue weighted by Crippen LogP contribution is -2.33. The van der Waals surface area contributed by atoms with E-state index in [1.165, 1.54) is 6.92 Å². The van der Waals surface area contributed by atoms with Crippen LogP contribution in [0.5, 0.6) is 0 Å². The highest BCUT2D eigenvalue weighted by Crippen LogP contribution is 2.24. The summed E-state index contributed by atoms with van der Waals surface area (Å²) in [6.07, 6.45) is 0. The molecule has 0 aliphatic carbocycles. The van der Waals surface area contributed by atoms with Gasteiger partial charge in [-0.2, -0.15) is 0 Å². The van der Waals surface area contributed by atoms with E-state index in [2.05, 4.69) is 5.32 Å². The van der Waals surface area contributed by atoms with Gasteiger partial charge in [-0.1, -0.05) is 31.7 Å². The highest BCUT2D eigenvalue weighted by molar-refractivity contribution is 8.13. The van der Waals surface area contributed by atoms with E-state index in [4.69, 9.17) is 4.74 Å². The van der Waals surface area contributed by atoms with Gasteiger partial charge in [-0.15, -0.1) is 0 Å². The van der Waals surface area contributed by atoms with Crippen LogP contribution in [0.25, 0.3) is 0 Å². The minimum Gasteiger partial charge on any atom is -0.462 e. The lowest BCUT2D eigenvalue weighted by atomic mass is 9.95. The Hall–Kier alpha value is -1.82. The molecule has 0 spiro atoms. The second-order valence-electron chi connectivity index (χ2n) is 5.42. The van der Waals surface area contributed by atoms with Crippen molar-refractivity contribution in [3.8, 4) is 0 Å². The number of benzene rings is 1. The Kier molecular flexibility index (Phi) is 6.61. The largest absolute Gasteiger partial charge is 0.462 e. The number of hydrogen-bond acceptors (Lipinski definition) is 5. The molecule has 0 atom stereocenters. The van der Waals surface area contributed by atoms with Crippen LogP contribution in [0.15, 0.2) is 24.3 Å². The Balaban J connectivity index is 2.77. The summed E-state index contributed by atoms with van der Waals surface area (Å²) < 4.78 is 4.93. The summed E-state index contributed by atoms with van der Waals surface area (Å²) >= 11 is 1.12. The summed E-state index contributed by atoms with van der Waals surface area (Å²) in [6, 6.07) is 6.59. The van der Waals surface area contributed by atoms with E-state index in [0.29, 0.717) is 23.6 Å². The van der Waals surface area contributed by atoms with Crippen molar-refractivity contribution < 1.29 is 19.1 Å².